The predicted molar refractivity (Wildman–Crippen MR) is 72.1 cm³/mol. The molecule has 1 heterocycles. The van der Waals surface area contributed by atoms with Gasteiger partial charge in [0, 0.05) is 13.6 Å². The lowest BCUT2D eigenvalue weighted by Crippen LogP contribution is -2.52. The molecule has 1 unspecified atom stereocenters. The number of hydrogen-bond donors (Lipinski definition) is 1. The molecular weight excluding hydrogens is 263 g/mol. The smallest absolute Gasteiger partial charge is 0.241 e. The van der Waals surface area contributed by atoms with Gasteiger partial charge in [-0.2, -0.15) is 0 Å². The molecule has 1 fully saturated rings. The fourth-order valence-corrected chi connectivity index (χ4v) is 1.95. The average Bonchev–Trinajstić information content (AvgIpc) is 2.49. The van der Waals surface area contributed by atoms with Gasteiger partial charge in [0.25, 0.3) is 0 Å². The third kappa shape index (κ3) is 3.91. The van der Waals surface area contributed by atoms with E-state index in [0.29, 0.717) is 26.3 Å². The van der Waals surface area contributed by atoms with Crippen LogP contribution in [0.3, 0.4) is 0 Å². The molecule has 1 aliphatic heterocycles. The summed E-state index contributed by atoms with van der Waals surface area (Å²) < 4.78 is 23.9. The molecule has 0 spiro atoms. The summed E-state index contributed by atoms with van der Waals surface area (Å²) in [6.45, 7) is 2.33. The van der Waals surface area contributed by atoms with Crippen LogP contribution in [0.1, 0.15) is 0 Å². The summed E-state index contributed by atoms with van der Waals surface area (Å²) in [6, 6.07) is 5.91. The molecule has 1 N–H and O–H groups in total. The molecule has 1 aromatic rings. The highest BCUT2D eigenvalue weighted by Crippen LogP contribution is 2.15. The van der Waals surface area contributed by atoms with Crippen LogP contribution in [0.5, 0.6) is 5.75 Å². The molecule has 1 saturated heterocycles. The highest BCUT2D eigenvalue weighted by molar-refractivity contribution is 5.81. The lowest BCUT2D eigenvalue weighted by atomic mass is 10.2. The minimum atomic E-state index is -0.399. The molecule has 2 rings (SSSR count). The monoisotopic (exact) mass is 282 g/mol. The van der Waals surface area contributed by atoms with Crippen molar-refractivity contribution in [1.29, 1.82) is 0 Å². The van der Waals surface area contributed by atoms with Crippen molar-refractivity contribution < 1.29 is 18.7 Å². The minimum Gasteiger partial charge on any atom is -0.489 e. The lowest BCUT2D eigenvalue weighted by Gasteiger charge is -2.27. The van der Waals surface area contributed by atoms with E-state index in [1.54, 1.807) is 30.1 Å². The number of benzene rings is 1. The zero-order valence-electron chi connectivity index (χ0n) is 11.5. The molecule has 5 nitrogen and oxygen atoms in total. The highest BCUT2D eigenvalue weighted by Gasteiger charge is 2.24. The van der Waals surface area contributed by atoms with E-state index in [2.05, 4.69) is 5.32 Å². The second kappa shape index (κ2) is 7.21. The van der Waals surface area contributed by atoms with E-state index in [-0.39, 0.29) is 24.3 Å². The first-order valence-electron chi connectivity index (χ1n) is 6.62. The molecule has 20 heavy (non-hydrogen) atoms. The van der Waals surface area contributed by atoms with Crippen LogP contribution in [0.4, 0.5) is 4.39 Å². The minimum absolute atomic E-state index is 0.0400. The van der Waals surface area contributed by atoms with Gasteiger partial charge < -0.3 is 19.7 Å². The zero-order chi connectivity index (χ0) is 14.4. The molecule has 0 bridgehead atoms. The standard InChI is InChI=1S/C14H19FN2O3/c1-17(14(18)12-10-19-8-6-16-12)7-9-20-13-5-3-2-4-11(13)15/h2-5,12,16H,6-10H2,1H3. The maximum absolute atomic E-state index is 13.3. The van der Waals surface area contributed by atoms with Gasteiger partial charge in [0.05, 0.1) is 19.8 Å². The first kappa shape index (κ1) is 14.7. The molecule has 0 saturated carbocycles. The Bertz CT molecular complexity index is 450. The summed E-state index contributed by atoms with van der Waals surface area (Å²) in [6.07, 6.45) is 0. The van der Waals surface area contributed by atoms with E-state index in [9.17, 15) is 9.18 Å². The molecule has 0 aromatic heterocycles. The largest absolute Gasteiger partial charge is 0.489 e. The average molecular weight is 282 g/mol. The number of likely N-dealkylation sites (N-methyl/N-ethyl adjacent to an activating group) is 1. The van der Waals surface area contributed by atoms with Crippen molar-refractivity contribution in [3.05, 3.63) is 30.1 Å². The Kier molecular flexibility index (Phi) is 5.31. The number of halogens is 1. The highest BCUT2D eigenvalue weighted by atomic mass is 19.1. The SMILES string of the molecule is CN(CCOc1ccccc1F)C(=O)C1COCCN1. The van der Waals surface area contributed by atoms with Crippen LogP contribution in [0, 0.1) is 5.82 Å². The van der Waals surface area contributed by atoms with Crippen LogP contribution >= 0.6 is 0 Å². The fourth-order valence-electron chi connectivity index (χ4n) is 1.95. The summed E-state index contributed by atoms with van der Waals surface area (Å²) in [7, 11) is 1.70. The molecule has 6 heteroatoms. The van der Waals surface area contributed by atoms with Crippen molar-refractivity contribution in [1.82, 2.24) is 10.2 Å². The Morgan fingerprint density at radius 2 is 2.35 bits per heavy atom. The van der Waals surface area contributed by atoms with Crippen LogP contribution in [0.15, 0.2) is 24.3 Å². The maximum atomic E-state index is 13.3. The molecule has 1 aromatic carbocycles. The van der Waals surface area contributed by atoms with Crippen LogP contribution in [0.2, 0.25) is 0 Å². The van der Waals surface area contributed by atoms with Gasteiger partial charge in [0.2, 0.25) is 5.91 Å². The number of carbonyl (C=O) groups excluding carboxylic acids is 1. The number of nitrogens with zero attached hydrogens (tertiary/aromatic N) is 1. The summed E-state index contributed by atoms with van der Waals surface area (Å²) in [4.78, 5) is 13.6. The molecule has 0 radical (unpaired) electrons. The van der Waals surface area contributed by atoms with Crippen molar-refractivity contribution in [3.63, 3.8) is 0 Å². The Hall–Kier alpha value is -1.66. The second-order valence-corrected chi connectivity index (χ2v) is 4.62. The fraction of sp³-hybridized carbons (Fsp3) is 0.500. The van der Waals surface area contributed by atoms with Crippen molar-refractivity contribution in [2.75, 3.05) is 40.0 Å². The summed E-state index contributed by atoms with van der Waals surface area (Å²) in [5.41, 5.74) is 0. The number of para-hydroxylation sites is 1. The Morgan fingerprint density at radius 3 is 3.05 bits per heavy atom. The number of hydrogen-bond acceptors (Lipinski definition) is 4. The Morgan fingerprint density at radius 1 is 1.55 bits per heavy atom. The number of morpholine rings is 1. The second-order valence-electron chi connectivity index (χ2n) is 4.62. The maximum Gasteiger partial charge on any atom is 0.241 e. The molecule has 110 valence electrons. The van der Waals surface area contributed by atoms with E-state index < -0.39 is 5.82 Å². The van der Waals surface area contributed by atoms with Gasteiger partial charge in [-0.3, -0.25) is 4.79 Å². The van der Waals surface area contributed by atoms with Crippen molar-refractivity contribution >= 4 is 5.91 Å². The van der Waals surface area contributed by atoms with Gasteiger partial charge in [-0.15, -0.1) is 0 Å². The Balaban J connectivity index is 1.75. The predicted octanol–water partition coefficient (Wildman–Crippen LogP) is 0.651. The number of ether oxygens (including phenoxy) is 2. The van der Waals surface area contributed by atoms with Crippen LogP contribution in [0.25, 0.3) is 0 Å². The number of amides is 1. The van der Waals surface area contributed by atoms with Crippen LogP contribution in [-0.2, 0) is 9.53 Å². The molecule has 1 amide bonds. The first-order valence-corrected chi connectivity index (χ1v) is 6.62. The third-order valence-electron chi connectivity index (χ3n) is 3.12. The zero-order valence-corrected chi connectivity index (χ0v) is 11.5. The summed E-state index contributed by atoms with van der Waals surface area (Å²) >= 11 is 0. The van der Waals surface area contributed by atoms with E-state index in [0.717, 1.165) is 0 Å². The topological polar surface area (TPSA) is 50.8 Å². The quantitative estimate of drug-likeness (QED) is 0.861. The summed E-state index contributed by atoms with van der Waals surface area (Å²) in [5.74, 6) is -0.238. The molecule has 1 atom stereocenters. The van der Waals surface area contributed by atoms with E-state index in [1.807, 2.05) is 0 Å². The van der Waals surface area contributed by atoms with E-state index in [4.69, 9.17) is 9.47 Å². The molecule has 1 aliphatic rings. The van der Waals surface area contributed by atoms with E-state index >= 15 is 0 Å². The lowest BCUT2D eigenvalue weighted by molar-refractivity contribution is -0.135. The Labute approximate surface area is 117 Å². The van der Waals surface area contributed by atoms with Crippen molar-refractivity contribution in [2.24, 2.45) is 0 Å². The van der Waals surface area contributed by atoms with Gasteiger partial charge in [0.1, 0.15) is 12.6 Å². The van der Waals surface area contributed by atoms with Gasteiger partial charge in [-0.1, -0.05) is 12.1 Å². The van der Waals surface area contributed by atoms with Crippen molar-refractivity contribution in [2.45, 2.75) is 6.04 Å². The van der Waals surface area contributed by atoms with Gasteiger partial charge in [-0.25, -0.2) is 4.39 Å². The van der Waals surface area contributed by atoms with E-state index in [1.165, 1.54) is 6.07 Å². The summed E-state index contributed by atoms with van der Waals surface area (Å²) in [5, 5.41) is 3.10. The van der Waals surface area contributed by atoms with Crippen LogP contribution < -0.4 is 10.1 Å². The number of nitrogens with one attached hydrogen (secondary N) is 1. The van der Waals surface area contributed by atoms with Gasteiger partial charge in [0.15, 0.2) is 11.6 Å². The molecular formula is C14H19FN2O3. The van der Waals surface area contributed by atoms with Gasteiger partial charge in [-0.05, 0) is 12.1 Å². The molecule has 0 aliphatic carbocycles. The number of carbonyl (C=O) groups is 1. The third-order valence-corrected chi connectivity index (χ3v) is 3.12. The normalized spacial score (nSPS) is 18.6. The van der Waals surface area contributed by atoms with Crippen LogP contribution in [-0.4, -0.2) is 56.8 Å². The number of rotatable bonds is 5. The van der Waals surface area contributed by atoms with Crippen molar-refractivity contribution in [3.8, 4) is 5.75 Å². The van der Waals surface area contributed by atoms with Gasteiger partial charge >= 0.3 is 0 Å². The first-order chi connectivity index (χ1) is 9.68.